The van der Waals surface area contributed by atoms with Gasteiger partial charge in [-0.3, -0.25) is 0 Å². The normalized spacial score (nSPS) is 25.4. The zero-order chi connectivity index (χ0) is 11.7. The molecule has 0 aromatic heterocycles. The van der Waals surface area contributed by atoms with Crippen LogP contribution in [0.25, 0.3) is 0 Å². The first-order valence-electron chi connectivity index (χ1n) is 7.13. The first-order valence-corrected chi connectivity index (χ1v) is 7.13. The Balaban J connectivity index is 1.63. The maximum absolute atomic E-state index is 3.57. The van der Waals surface area contributed by atoms with Gasteiger partial charge in [0.1, 0.15) is 0 Å². The lowest BCUT2D eigenvalue weighted by atomic mass is 9.73. The molecule has 2 atom stereocenters. The molecule has 17 heavy (non-hydrogen) atoms. The standard InChI is InChI=1S/C16H23N/c1-17-16(12-6-2-3-7-12)11-14-10-13-8-4-5-9-15(13)14/h4-5,8-9,12,14,16-17H,2-3,6-7,10-11H2,1H3. The Morgan fingerprint density at radius 2 is 2.00 bits per heavy atom. The van der Waals surface area contributed by atoms with Crippen molar-refractivity contribution in [3.63, 3.8) is 0 Å². The molecule has 0 saturated heterocycles. The number of nitrogens with one attached hydrogen (secondary N) is 1. The smallest absolute Gasteiger partial charge is 0.00982 e. The van der Waals surface area contributed by atoms with Crippen LogP contribution in [0, 0.1) is 5.92 Å². The van der Waals surface area contributed by atoms with Crippen LogP contribution in [0.3, 0.4) is 0 Å². The van der Waals surface area contributed by atoms with Crippen LogP contribution >= 0.6 is 0 Å². The van der Waals surface area contributed by atoms with Gasteiger partial charge >= 0.3 is 0 Å². The van der Waals surface area contributed by atoms with Gasteiger partial charge in [0, 0.05) is 6.04 Å². The van der Waals surface area contributed by atoms with E-state index >= 15 is 0 Å². The van der Waals surface area contributed by atoms with Crippen LogP contribution < -0.4 is 5.32 Å². The van der Waals surface area contributed by atoms with E-state index in [1.54, 1.807) is 11.1 Å². The molecule has 3 rings (SSSR count). The number of benzene rings is 1. The first-order chi connectivity index (χ1) is 8.38. The van der Waals surface area contributed by atoms with E-state index in [4.69, 9.17) is 0 Å². The van der Waals surface area contributed by atoms with E-state index < -0.39 is 0 Å². The van der Waals surface area contributed by atoms with Crippen LogP contribution in [-0.4, -0.2) is 13.1 Å². The average molecular weight is 229 g/mol. The highest BCUT2D eigenvalue weighted by Crippen LogP contribution is 2.40. The van der Waals surface area contributed by atoms with Gasteiger partial charge in [-0.05, 0) is 55.7 Å². The summed E-state index contributed by atoms with van der Waals surface area (Å²) in [4.78, 5) is 0. The fourth-order valence-corrected chi connectivity index (χ4v) is 3.79. The van der Waals surface area contributed by atoms with Gasteiger partial charge in [-0.25, -0.2) is 0 Å². The molecule has 0 bridgehead atoms. The van der Waals surface area contributed by atoms with E-state index in [0.717, 1.165) is 17.9 Å². The molecule has 0 aliphatic heterocycles. The number of hydrogen-bond acceptors (Lipinski definition) is 1. The van der Waals surface area contributed by atoms with E-state index in [-0.39, 0.29) is 0 Å². The summed E-state index contributed by atoms with van der Waals surface area (Å²) in [5.41, 5.74) is 3.20. The Bertz CT molecular complexity index is 379. The third kappa shape index (κ3) is 2.13. The topological polar surface area (TPSA) is 12.0 Å². The minimum atomic E-state index is 0.746. The number of rotatable bonds is 4. The molecule has 1 aromatic carbocycles. The minimum absolute atomic E-state index is 0.746. The SMILES string of the molecule is CNC(CC1Cc2ccccc21)C1CCCC1. The fraction of sp³-hybridized carbons (Fsp3) is 0.625. The Labute approximate surface area is 105 Å². The molecule has 1 heteroatoms. The summed E-state index contributed by atoms with van der Waals surface area (Å²) in [5.74, 6) is 1.76. The van der Waals surface area contributed by atoms with E-state index in [2.05, 4.69) is 36.6 Å². The summed E-state index contributed by atoms with van der Waals surface area (Å²) < 4.78 is 0. The van der Waals surface area contributed by atoms with Crippen molar-refractivity contribution in [3.8, 4) is 0 Å². The van der Waals surface area contributed by atoms with Crippen molar-refractivity contribution >= 4 is 0 Å². The lowest BCUT2D eigenvalue weighted by Gasteiger charge is -2.35. The summed E-state index contributed by atoms with van der Waals surface area (Å²) in [6, 6.07) is 9.72. The molecular weight excluding hydrogens is 206 g/mol. The van der Waals surface area contributed by atoms with E-state index in [9.17, 15) is 0 Å². The van der Waals surface area contributed by atoms with E-state index in [0.29, 0.717) is 0 Å². The fourth-order valence-electron chi connectivity index (χ4n) is 3.79. The van der Waals surface area contributed by atoms with Crippen LogP contribution in [0.2, 0.25) is 0 Å². The van der Waals surface area contributed by atoms with Crippen molar-refractivity contribution < 1.29 is 0 Å². The molecule has 0 heterocycles. The third-order valence-corrected chi connectivity index (χ3v) is 4.84. The molecule has 2 unspecified atom stereocenters. The highest BCUT2D eigenvalue weighted by molar-refractivity contribution is 5.39. The maximum atomic E-state index is 3.57. The highest BCUT2D eigenvalue weighted by Gasteiger charge is 2.31. The summed E-state index contributed by atoms with van der Waals surface area (Å²) in [6.45, 7) is 0. The molecule has 2 aliphatic rings. The van der Waals surface area contributed by atoms with Gasteiger partial charge in [0.2, 0.25) is 0 Å². The zero-order valence-electron chi connectivity index (χ0n) is 10.8. The number of fused-ring (bicyclic) bond motifs is 1. The lowest BCUT2D eigenvalue weighted by Crippen LogP contribution is -2.36. The molecule has 2 aliphatic carbocycles. The molecule has 0 radical (unpaired) electrons. The Kier molecular flexibility index (Phi) is 3.19. The molecule has 1 nitrogen and oxygen atoms in total. The molecule has 92 valence electrons. The Morgan fingerprint density at radius 1 is 1.24 bits per heavy atom. The highest BCUT2D eigenvalue weighted by atomic mass is 14.9. The van der Waals surface area contributed by atoms with Crippen LogP contribution in [0.4, 0.5) is 0 Å². The molecule has 1 N–H and O–H groups in total. The summed E-state index contributed by atoms with van der Waals surface area (Å²) in [5, 5.41) is 3.57. The van der Waals surface area contributed by atoms with Crippen molar-refractivity contribution in [3.05, 3.63) is 35.4 Å². The van der Waals surface area contributed by atoms with Gasteiger partial charge in [-0.15, -0.1) is 0 Å². The largest absolute Gasteiger partial charge is 0.317 e. The Morgan fingerprint density at radius 3 is 2.71 bits per heavy atom. The van der Waals surface area contributed by atoms with Gasteiger partial charge in [-0.2, -0.15) is 0 Å². The second kappa shape index (κ2) is 4.81. The summed E-state index contributed by atoms with van der Waals surface area (Å²) >= 11 is 0. The summed E-state index contributed by atoms with van der Waals surface area (Å²) in [6.07, 6.45) is 8.44. The minimum Gasteiger partial charge on any atom is -0.317 e. The van der Waals surface area contributed by atoms with Crippen LogP contribution in [0.5, 0.6) is 0 Å². The monoisotopic (exact) mass is 229 g/mol. The Hall–Kier alpha value is -0.820. The predicted molar refractivity (Wildman–Crippen MR) is 72.3 cm³/mol. The van der Waals surface area contributed by atoms with E-state index in [1.165, 1.54) is 38.5 Å². The number of hydrogen-bond donors (Lipinski definition) is 1. The van der Waals surface area contributed by atoms with Gasteiger partial charge in [0.25, 0.3) is 0 Å². The second-order valence-corrected chi connectivity index (χ2v) is 5.78. The van der Waals surface area contributed by atoms with Crippen LogP contribution in [-0.2, 0) is 6.42 Å². The molecule has 1 aromatic rings. The quantitative estimate of drug-likeness (QED) is 0.833. The lowest BCUT2D eigenvalue weighted by molar-refractivity contribution is 0.327. The van der Waals surface area contributed by atoms with Crippen molar-refractivity contribution in [2.75, 3.05) is 7.05 Å². The molecule has 0 spiro atoms. The van der Waals surface area contributed by atoms with Gasteiger partial charge < -0.3 is 5.32 Å². The van der Waals surface area contributed by atoms with Crippen molar-refractivity contribution in [1.29, 1.82) is 0 Å². The maximum Gasteiger partial charge on any atom is 0.00982 e. The van der Waals surface area contributed by atoms with Crippen molar-refractivity contribution in [2.24, 2.45) is 5.92 Å². The first kappa shape index (κ1) is 11.3. The van der Waals surface area contributed by atoms with Gasteiger partial charge in [0.15, 0.2) is 0 Å². The van der Waals surface area contributed by atoms with Crippen molar-refractivity contribution in [2.45, 2.75) is 50.5 Å². The van der Waals surface area contributed by atoms with Gasteiger partial charge in [0.05, 0.1) is 0 Å². The predicted octanol–water partition coefficient (Wildman–Crippen LogP) is 3.49. The van der Waals surface area contributed by atoms with Gasteiger partial charge in [-0.1, -0.05) is 37.1 Å². The molecular formula is C16H23N. The molecule has 1 fully saturated rings. The second-order valence-electron chi connectivity index (χ2n) is 5.78. The zero-order valence-corrected chi connectivity index (χ0v) is 10.8. The van der Waals surface area contributed by atoms with Crippen molar-refractivity contribution in [1.82, 2.24) is 5.32 Å². The summed E-state index contributed by atoms with van der Waals surface area (Å²) in [7, 11) is 2.15. The van der Waals surface area contributed by atoms with E-state index in [1.807, 2.05) is 0 Å². The van der Waals surface area contributed by atoms with Crippen LogP contribution in [0.15, 0.2) is 24.3 Å². The van der Waals surface area contributed by atoms with Crippen LogP contribution in [0.1, 0.15) is 49.1 Å². The third-order valence-electron chi connectivity index (χ3n) is 4.84. The molecule has 1 saturated carbocycles. The average Bonchev–Trinajstić information content (AvgIpc) is 2.84. The molecule has 0 amide bonds.